The van der Waals surface area contributed by atoms with E-state index in [1.54, 1.807) is 18.2 Å². The van der Waals surface area contributed by atoms with Crippen LogP contribution in [0.25, 0.3) is 16.9 Å². The number of H-pyrrole nitrogens is 1. The van der Waals surface area contributed by atoms with Gasteiger partial charge in [-0.25, -0.2) is 14.3 Å². The van der Waals surface area contributed by atoms with Crippen LogP contribution < -0.4 is 10.3 Å². The van der Waals surface area contributed by atoms with E-state index in [1.807, 2.05) is 30.3 Å². The van der Waals surface area contributed by atoms with Gasteiger partial charge < -0.3 is 9.47 Å². The average molecular weight is 410 g/mol. The number of methoxy groups -OCH3 is 1. The highest BCUT2D eigenvalue weighted by Gasteiger charge is 2.15. The van der Waals surface area contributed by atoms with Crippen LogP contribution in [0.4, 0.5) is 0 Å². The minimum atomic E-state index is -0.617. The molecule has 2 heterocycles. The van der Waals surface area contributed by atoms with Crippen LogP contribution in [0.15, 0.2) is 65.5 Å². The second kappa shape index (κ2) is 7.81. The number of esters is 1. The summed E-state index contributed by atoms with van der Waals surface area (Å²) in [5.41, 5.74) is 2.13. The van der Waals surface area contributed by atoms with Crippen molar-refractivity contribution in [3.8, 4) is 17.0 Å². The van der Waals surface area contributed by atoms with Crippen LogP contribution in [0.3, 0.4) is 0 Å². The highest BCUT2D eigenvalue weighted by atomic mass is 35.5. The molecule has 146 valence electrons. The SMILES string of the molecule is COc1cc(Cl)ccc1COC(=O)c1cc2nc(-c3ccccc3)cc(=O)n2[nH]1. The minimum Gasteiger partial charge on any atom is -0.496 e. The third-order valence-electron chi connectivity index (χ3n) is 4.35. The van der Waals surface area contributed by atoms with Gasteiger partial charge >= 0.3 is 5.97 Å². The second-order valence-electron chi connectivity index (χ2n) is 6.24. The molecular formula is C21H16ClN3O4. The van der Waals surface area contributed by atoms with Gasteiger partial charge in [0.1, 0.15) is 18.1 Å². The van der Waals surface area contributed by atoms with E-state index in [4.69, 9.17) is 21.1 Å². The van der Waals surface area contributed by atoms with Crippen LogP contribution in [0.5, 0.6) is 5.75 Å². The van der Waals surface area contributed by atoms with E-state index in [2.05, 4.69) is 10.1 Å². The third kappa shape index (κ3) is 3.86. The van der Waals surface area contributed by atoms with Gasteiger partial charge in [0.15, 0.2) is 5.65 Å². The fourth-order valence-corrected chi connectivity index (χ4v) is 3.07. The summed E-state index contributed by atoms with van der Waals surface area (Å²) in [5.74, 6) is -0.0968. The lowest BCUT2D eigenvalue weighted by molar-refractivity contribution is 0.0463. The van der Waals surface area contributed by atoms with Gasteiger partial charge in [0, 0.05) is 28.3 Å². The number of halogens is 1. The molecule has 0 unspecified atom stereocenters. The van der Waals surface area contributed by atoms with Crippen LogP contribution in [0.1, 0.15) is 16.1 Å². The smallest absolute Gasteiger partial charge is 0.356 e. The van der Waals surface area contributed by atoms with Gasteiger partial charge in [-0.1, -0.05) is 48.0 Å². The largest absolute Gasteiger partial charge is 0.496 e. The van der Waals surface area contributed by atoms with Gasteiger partial charge in [-0.15, -0.1) is 0 Å². The van der Waals surface area contributed by atoms with E-state index >= 15 is 0 Å². The highest BCUT2D eigenvalue weighted by Crippen LogP contribution is 2.24. The summed E-state index contributed by atoms with van der Waals surface area (Å²) in [6.45, 7) is -0.00780. The summed E-state index contributed by atoms with van der Waals surface area (Å²) in [4.78, 5) is 29.3. The number of hydrogen-bond donors (Lipinski definition) is 1. The van der Waals surface area contributed by atoms with Gasteiger partial charge in [0.05, 0.1) is 12.8 Å². The van der Waals surface area contributed by atoms with Crippen molar-refractivity contribution in [2.75, 3.05) is 7.11 Å². The summed E-state index contributed by atoms with van der Waals surface area (Å²) in [5, 5.41) is 3.25. The predicted molar refractivity (Wildman–Crippen MR) is 108 cm³/mol. The van der Waals surface area contributed by atoms with Gasteiger partial charge in [-0.3, -0.25) is 9.89 Å². The first-order chi connectivity index (χ1) is 14.0. The predicted octanol–water partition coefficient (Wildman–Crippen LogP) is 3.71. The molecule has 0 saturated carbocycles. The lowest BCUT2D eigenvalue weighted by Gasteiger charge is -2.09. The topological polar surface area (TPSA) is 85.7 Å². The molecular weight excluding hydrogens is 394 g/mol. The summed E-state index contributed by atoms with van der Waals surface area (Å²) in [6, 6.07) is 17.3. The van der Waals surface area contributed by atoms with Crippen molar-refractivity contribution in [1.82, 2.24) is 14.6 Å². The molecule has 7 nitrogen and oxygen atoms in total. The Balaban J connectivity index is 1.59. The fourth-order valence-electron chi connectivity index (χ4n) is 2.91. The number of carbonyl (C=O) groups is 1. The fraction of sp³-hybridized carbons (Fsp3) is 0.0952. The zero-order valence-corrected chi connectivity index (χ0v) is 16.1. The van der Waals surface area contributed by atoms with Gasteiger partial charge in [0.25, 0.3) is 5.56 Å². The number of nitrogens with one attached hydrogen (secondary N) is 1. The monoisotopic (exact) mass is 409 g/mol. The van der Waals surface area contributed by atoms with Crippen molar-refractivity contribution in [2.24, 2.45) is 0 Å². The molecule has 2 aromatic carbocycles. The van der Waals surface area contributed by atoms with Crippen molar-refractivity contribution in [3.05, 3.63) is 87.3 Å². The number of carbonyl (C=O) groups excluding carboxylic acids is 1. The molecule has 0 spiro atoms. The first-order valence-electron chi connectivity index (χ1n) is 8.73. The molecule has 4 aromatic rings. The molecule has 0 amide bonds. The van der Waals surface area contributed by atoms with E-state index in [0.717, 1.165) is 5.56 Å². The van der Waals surface area contributed by atoms with E-state index in [9.17, 15) is 9.59 Å². The summed E-state index contributed by atoms with van der Waals surface area (Å²) >= 11 is 5.94. The minimum absolute atomic E-state index is 0.00780. The standard InChI is InChI=1S/C21H16ClN3O4/c1-28-18-9-15(22)8-7-14(18)12-29-21(27)17-10-19-23-16(11-20(26)25(19)24-17)13-5-3-2-4-6-13/h2-11,24H,12H2,1H3. The molecule has 0 atom stereocenters. The second-order valence-corrected chi connectivity index (χ2v) is 6.68. The molecule has 0 saturated heterocycles. The maximum absolute atomic E-state index is 12.5. The number of aromatic nitrogens is 3. The molecule has 0 bridgehead atoms. The molecule has 4 rings (SSSR count). The number of ether oxygens (including phenoxy) is 2. The molecule has 0 fully saturated rings. The molecule has 2 aromatic heterocycles. The quantitative estimate of drug-likeness (QED) is 0.508. The Bertz CT molecular complexity index is 1250. The molecule has 1 N–H and O–H groups in total. The van der Waals surface area contributed by atoms with E-state index in [1.165, 1.54) is 23.8 Å². The molecule has 29 heavy (non-hydrogen) atoms. The number of benzene rings is 2. The van der Waals surface area contributed by atoms with Crippen LogP contribution in [-0.2, 0) is 11.3 Å². The number of fused-ring (bicyclic) bond motifs is 1. The first kappa shape index (κ1) is 18.8. The Morgan fingerprint density at radius 1 is 1.14 bits per heavy atom. The van der Waals surface area contributed by atoms with E-state index < -0.39 is 5.97 Å². The summed E-state index contributed by atoms with van der Waals surface area (Å²) in [6.07, 6.45) is 0. The van der Waals surface area contributed by atoms with Crippen LogP contribution >= 0.6 is 11.6 Å². The molecule has 0 aliphatic carbocycles. The van der Waals surface area contributed by atoms with Gasteiger partial charge in [-0.05, 0) is 12.1 Å². The zero-order chi connectivity index (χ0) is 20.4. The lowest BCUT2D eigenvalue weighted by atomic mass is 10.1. The van der Waals surface area contributed by atoms with Crippen molar-refractivity contribution in [3.63, 3.8) is 0 Å². The first-order valence-corrected chi connectivity index (χ1v) is 9.11. The van der Waals surface area contributed by atoms with Crippen LogP contribution in [0.2, 0.25) is 5.02 Å². The maximum Gasteiger partial charge on any atom is 0.356 e. The number of aromatic amines is 1. The average Bonchev–Trinajstić information content (AvgIpc) is 3.18. The lowest BCUT2D eigenvalue weighted by Crippen LogP contribution is -2.15. The van der Waals surface area contributed by atoms with Crippen molar-refractivity contribution in [1.29, 1.82) is 0 Å². The Kier molecular flexibility index (Phi) is 5.05. The van der Waals surface area contributed by atoms with Gasteiger partial charge in [0.2, 0.25) is 0 Å². The Labute approximate surface area is 170 Å². The van der Waals surface area contributed by atoms with Crippen molar-refractivity contribution >= 4 is 23.2 Å². The zero-order valence-electron chi connectivity index (χ0n) is 15.4. The number of rotatable bonds is 5. The van der Waals surface area contributed by atoms with Crippen LogP contribution in [0, 0.1) is 0 Å². The van der Waals surface area contributed by atoms with E-state index in [-0.39, 0.29) is 17.9 Å². The molecule has 8 heteroatoms. The Morgan fingerprint density at radius 3 is 2.69 bits per heavy atom. The van der Waals surface area contributed by atoms with Crippen molar-refractivity contribution < 1.29 is 14.3 Å². The van der Waals surface area contributed by atoms with Crippen LogP contribution in [-0.4, -0.2) is 27.7 Å². The van der Waals surface area contributed by atoms with E-state index in [0.29, 0.717) is 27.7 Å². The Hall–Kier alpha value is -3.58. The number of hydrogen-bond acceptors (Lipinski definition) is 5. The Morgan fingerprint density at radius 2 is 1.93 bits per heavy atom. The third-order valence-corrected chi connectivity index (χ3v) is 4.58. The maximum atomic E-state index is 12.5. The molecule has 0 aliphatic rings. The number of nitrogens with zero attached hydrogens (tertiary/aromatic N) is 2. The summed E-state index contributed by atoms with van der Waals surface area (Å²) in [7, 11) is 1.51. The highest BCUT2D eigenvalue weighted by molar-refractivity contribution is 6.30. The normalized spacial score (nSPS) is 10.8. The summed E-state index contributed by atoms with van der Waals surface area (Å²) < 4.78 is 11.8. The molecule has 0 aliphatic heterocycles. The van der Waals surface area contributed by atoms with Crippen molar-refractivity contribution in [2.45, 2.75) is 6.61 Å². The molecule has 0 radical (unpaired) electrons. The van der Waals surface area contributed by atoms with Gasteiger partial charge in [-0.2, -0.15) is 0 Å².